The molecule has 218 valence electrons. The number of rotatable bonds is 8. The molecular formula is C28H31F3N6O3S. The standard InChI is InChI=1S/C28H31F3N6O3S/c1-12-21(26-36-22-13(2)32-7-6-20(22)41-26)25(35-19-10-16(23(38)24(19)39)28(3,4)40-5)37-27(34-12)33-11-15-17(30)8-14(29)9-18(15)31/h6-9,16,19,23-24,38-39H,10-11H2,1-5H3,(H2,33,34,35,37)/t16-,19+,23+,24-/m0/s1. The first-order valence-electron chi connectivity index (χ1n) is 13.1. The molecule has 5 rings (SSSR count). The Morgan fingerprint density at radius 3 is 2.41 bits per heavy atom. The van der Waals surface area contributed by atoms with Crippen LogP contribution in [0.4, 0.5) is 24.9 Å². The Morgan fingerprint density at radius 2 is 1.76 bits per heavy atom. The van der Waals surface area contributed by atoms with Gasteiger partial charge in [-0.15, -0.1) is 11.3 Å². The van der Waals surface area contributed by atoms with Gasteiger partial charge in [0.2, 0.25) is 5.95 Å². The predicted molar refractivity (Wildman–Crippen MR) is 150 cm³/mol. The van der Waals surface area contributed by atoms with E-state index < -0.39 is 41.3 Å². The lowest BCUT2D eigenvalue weighted by Gasteiger charge is -2.32. The smallest absolute Gasteiger partial charge is 0.225 e. The highest BCUT2D eigenvalue weighted by molar-refractivity contribution is 7.21. The molecule has 0 aliphatic heterocycles. The first-order valence-corrected chi connectivity index (χ1v) is 13.9. The largest absolute Gasteiger partial charge is 0.390 e. The summed E-state index contributed by atoms with van der Waals surface area (Å²) in [6, 6.07) is 2.48. The van der Waals surface area contributed by atoms with Crippen LogP contribution in [0.25, 0.3) is 20.8 Å². The van der Waals surface area contributed by atoms with Gasteiger partial charge in [-0.05, 0) is 40.2 Å². The van der Waals surface area contributed by atoms with Crippen LogP contribution in [0.15, 0.2) is 24.4 Å². The van der Waals surface area contributed by atoms with Gasteiger partial charge in [-0.1, -0.05) is 0 Å². The van der Waals surface area contributed by atoms with Crippen molar-refractivity contribution in [3.8, 4) is 10.6 Å². The molecule has 0 unspecified atom stereocenters. The molecular weight excluding hydrogens is 557 g/mol. The number of pyridine rings is 1. The molecule has 0 spiro atoms. The van der Waals surface area contributed by atoms with Crippen molar-refractivity contribution in [1.82, 2.24) is 19.9 Å². The molecule has 13 heteroatoms. The van der Waals surface area contributed by atoms with Crippen molar-refractivity contribution in [2.75, 3.05) is 17.7 Å². The third kappa shape index (κ3) is 5.59. The summed E-state index contributed by atoms with van der Waals surface area (Å²) in [5, 5.41) is 28.5. The molecule has 1 aromatic carbocycles. The zero-order chi connectivity index (χ0) is 29.6. The second-order valence-electron chi connectivity index (χ2n) is 10.7. The molecule has 1 fully saturated rings. The lowest BCUT2D eigenvalue weighted by molar-refractivity contribution is -0.0819. The molecule has 41 heavy (non-hydrogen) atoms. The van der Waals surface area contributed by atoms with E-state index in [-0.39, 0.29) is 24.0 Å². The lowest BCUT2D eigenvalue weighted by atomic mass is 9.87. The minimum absolute atomic E-state index is 0.0534. The van der Waals surface area contributed by atoms with Gasteiger partial charge in [0.15, 0.2) is 0 Å². The first kappa shape index (κ1) is 29.1. The van der Waals surface area contributed by atoms with Crippen molar-refractivity contribution in [1.29, 1.82) is 0 Å². The van der Waals surface area contributed by atoms with Crippen LogP contribution in [0, 0.1) is 37.2 Å². The van der Waals surface area contributed by atoms with Crippen LogP contribution in [0.5, 0.6) is 0 Å². The molecule has 0 radical (unpaired) electrons. The van der Waals surface area contributed by atoms with Gasteiger partial charge < -0.3 is 25.6 Å². The molecule has 4 N–H and O–H groups in total. The maximum absolute atomic E-state index is 14.3. The number of benzene rings is 1. The van der Waals surface area contributed by atoms with E-state index in [4.69, 9.17) is 9.72 Å². The Bertz CT molecular complexity index is 1580. The molecule has 0 saturated heterocycles. The molecule has 9 nitrogen and oxygen atoms in total. The summed E-state index contributed by atoms with van der Waals surface area (Å²) in [4.78, 5) is 18.2. The van der Waals surface area contributed by atoms with Gasteiger partial charge in [-0.25, -0.2) is 23.1 Å². The minimum Gasteiger partial charge on any atom is -0.390 e. The quantitative estimate of drug-likeness (QED) is 0.231. The van der Waals surface area contributed by atoms with E-state index in [2.05, 4.69) is 25.6 Å². The predicted octanol–water partition coefficient (Wildman–Crippen LogP) is 4.74. The van der Waals surface area contributed by atoms with Crippen molar-refractivity contribution < 1.29 is 28.1 Å². The lowest BCUT2D eigenvalue weighted by Crippen LogP contribution is -2.41. The van der Waals surface area contributed by atoms with Crippen LogP contribution in [-0.2, 0) is 11.3 Å². The fourth-order valence-electron chi connectivity index (χ4n) is 5.20. The number of anilines is 2. The number of aromatic nitrogens is 4. The molecule has 4 aromatic rings. The van der Waals surface area contributed by atoms with Crippen LogP contribution < -0.4 is 10.6 Å². The van der Waals surface area contributed by atoms with Crippen LogP contribution in [-0.4, -0.2) is 61.1 Å². The van der Waals surface area contributed by atoms with Crippen LogP contribution in [0.3, 0.4) is 0 Å². The summed E-state index contributed by atoms with van der Waals surface area (Å²) in [5.74, 6) is -3.08. The van der Waals surface area contributed by atoms with Crippen LogP contribution >= 0.6 is 11.3 Å². The maximum Gasteiger partial charge on any atom is 0.225 e. The van der Waals surface area contributed by atoms with Crippen LogP contribution in [0.1, 0.15) is 37.2 Å². The second-order valence-corrected chi connectivity index (χ2v) is 11.7. The highest BCUT2D eigenvalue weighted by Gasteiger charge is 2.48. The summed E-state index contributed by atoms with van der Waals surface area (Å²) in [6.07, 6.45) is -0.0923. The summed E-state index contributed by atoms with van der Waals surface area (Å²) in [6.45, 7) is 6.98. The zero-order valence-corrected chi connectivity index (χ0v) is 24.0. The van der Waals surface area contributed by atoms with Gasteiger partial charge in [-0.3, -0.25) is 4.98 Å². The number of thiazole rings is 1. The fraction of sp³-hybridized carbons (Fsp3) is 0.429. The average molecular weight is 589 g/mol. The number of aliphatic hydroxyl groups excluding tert-OH is 2. The summed E-state index contributed by atoms with van der Waals surface area (Å²) >= 11 is 1.42. The van der Waals surface area contributed by atoms with Crippen molar-refractivity contribution in [3.05, 3.63) is 58.8 Å². The van der Waals surface area contributed by atoms with E-state index in [1.807, 2.05) is 26.8 Å². The topological polar surface area (TPSA) is 125 Å². The molecule has 1 saturated carbocycles. The molecule has 3 heterocycles. The van der Waals surface area contributed by atoms with E-state index in [0.717, 1.165) is 15.9 Å². The second kappa shape index (κ2) is 11.1. The van der Waals surface area contributed by atoms with Gasteiger partial charge in [-0.2, -0.15) is 4.98 Å². The molecule has 4 atom stereocenters. The normalized spacial score (nSPS) is 21.0. The number of nitrogens with zero attached hydrogens (tertiary/aromatic N) is 4. The highest BCUT2D eigenvalue weighted by Crippen LogP contribution is 2.41. The molecule has 1 aliphatic carbocycles. The Labute approximate surface area is 238 Å². The van der Waals surface area contributed by atoms with Gasteiger partial charge in [0.05, 0.1) is 39.4 Å². The van der Waals surface area contributed by atoms with Crippen molar-refractivity contribution in [2.24, 2.45) is 5.92 Å². The average Bonchev–Trinajstić information content (AvgIpc) is 3.46. The number of ether oxygens (including phenoxy) is 1. The zero-order valence-electron chi connectivity index (χ0n) is 23.2. The third-order valence-electron chi connectivity index (χ3n) is 7.75. The Hall–Kier alpha value is -3.39. The first-order chi connectivity index (χ1) is 19.4. The van der Waals surface area contributed by atoms with Gasteiger partial charge >= 0.3 is 0 Å². The maximum atomic E-state index is 14.3. The number of fused-ring (bicyclic) bond motifs is 1. The number of nitrogens with one attached hydrogen (secondary N) is 2. The molecule has 0 bridgehead atoms. The third-order valence-corrected chi connectivity index (χ3v) is 8.78. The summed E-state index contributed by atoms with van der Waals surface area (Å²) in [5.41, 5.74) is 1.52. The number of halogens is 3. The van der Waals surface area contributed by atoms with Gasteiger partial charge in [0.25, 0.3) is 0 Å². The van der Waals surface area contributed by atoms with E-state index in [0.29, 0.717) is 40.6 Å². The monoisotopic (exact) mass is 588 g/mol. The number of hydrogen-bond donors (Lipinski definition) is 4. The van der Waals surface area contributed by atoms with E-state index in [1.165, 1.54) is 11.3 Å². The van der Waals surface area contributed by atoms with Crippen LogP contribution in [0.2, 0.25) is 0 Å². The van der Waals surface area contributed by atoms with Crippen molar-refractivity contribution >= 4 is 33.3 Å². The van der Waals surface area contributed by atoms with Gasteiger partial charge in [0.1, 0.15) is 39.9 Å². The van der Waals surface area contributed by atoms with Gasteiger partial charge in [0, 0.05) is 43.5 Å². The van der Waals surface area contributed by atoms with E-state index in [9.17, 15) is 23.4 Å². The fourth-order valence-corrected chi connectivity index (χ4v) is 6.32. The van der Waals surface area contributed by atoms with Crippen molar-refractivity contribution in [2.45, 2.75) is 64.5 Å². The SMILES string of the molecule is COC(C)(C)[C@H]1C[C@@H](Nc2nc(NCc3c(F)cc(F)cc3F)nc(C)c2-c2nc3c(C)nccc3s2)[C@H](O)[C@@H]1O. The van der Waals surface area contributed by atoms with E-state index >= 15 is 0 Å². The highest BCUT2D eigenvalue weighted by atomic mass is 32.1. The molecule has 0 amide bonds. The number of aliphatic hydroxyl groups is 2. The number of methoxy groups -OCH3 is 1. The minimum atomic E-state index is -1.13. The van der Waals surface area contributed by atoms with Crippen molar-refractivity contribution in [3.63, 3.8) is 0 Å². The number of hydrogen-bond acceptors (Lipinski definition) is 10. The number of aryl methyl sites for hydroxylation is 2. The van der Waals surface area contributed by atoms with E-state index in [1.54, 1.807) is 20.2 Å². The molecule has 3 aromatic heterocycles. The summed E-state index contributed by atoms with van der Waals surface area (Å²) < 4.78 is 48.4. The Kier molecular flexibility index (Phi) is 7.90. The Balaban J connectivity index is 1.54. The molecule has 1 aliphatic rings. The Morgan fingerprint density at radius 1 is 1.05 bits per heavy atom. The summed E-state index contributed by atoms with van der Waals surface area (Å²) in [7, 11) is 1.56.